The van der Waals surface area contributed by atoms with E-state index in [1.807, 2.05) is 28.8 Å². The van der Waals surface area contributed by atoms with E-state index in [-0.39, 0.29) is 5.91 Å². The number of piperidine rings is 1. The van der Waals surface area contributed by atoms with Crippen molar-refractivity contribution in [3.05, 3.63) is 29.1 Å². The summed E-state index contributed by atoms with van der Waals surface area (Å²) in [6.45, 7) is 4.79. The van der Waals surface area contributed by atoms with Gasteiger partial charge >= 0.3 is 0 Å². The second-order valence-electron chi connectivity index (χ2n) is 6.34. The van der Waals surface area contributed by atoms with E-state index in [1.54, 1.807) is 0 Å². The molecule has 1 aliphatic rings. The number of oxazole rings is 1. The molecular formula is C18H25N3O2S. The molecule has 0 bridgehead atoms. The molecule has 0 spiro atoms. The van der Waals surface area contributed by atoms with Crippen molar-refractivity contribution in [2.45, 2.75) is 38.6 Å². The molecule has 1 fully saturated rings. The van der Waals surface area contributed by atoms with E-state index < -0.39 is 0 Å². The quantitative estimate of drug-likeness (QED) is 0.616. The van der Waals surface area contributed by atoms with Crippen LogP contribution >= 0.6 is 12.2 Å². The lowest BCUT2D eigenvalue weighted by Gasteiger charge is -2.26. The van der Waals surface area contributed by atoms with E-state index in [4.69, 9.17) is 16.6 Å². The number of aryl methyl sites for hydroxylation is 1. The molecule has 1 aromatic heterocycles. The van der Waals surface area contributed by atoms with Gasteiger partial charge in [0, 0.05) is 19.5 Å². The number of rotatable bonds is 7. The van der Waals surface area contributed by atoms with Crippen molar-refractivity contribution in [3.8, 4) is 0 Å². The standard InChI is InChI=1S/C18H25N3O2S/c22-17(19-10-6-13-20-11-4-1-5-12-20)9-14-21-15-7-2-3-8-16(15)23-18(21)24/h2-3,7-8H,1,4-6,9-14H2,(H,19,22). The van der Waals surface area contributed by atoms with Crippen LogP contribution in [0, 0.1) is 4.84 Å². The van der Waals surface area contributed by atoms with E-state index in [0.29, 0.717) is 17.8 Å². The molecule has 2 heterocycles. The average molecular weight is 347 g/mol. The predicted molar refractivity (Wildman–Crippen MR) is 97.6 cm³/mol. The number of hydrogen-bond donors (Lipinski definition) is 1. The summed E-state index contributed by atoms with van der Waals surface area (Å²) in [4.78, 5) is 15.0. The number of fused-ring (bicyclic) bond motifs is 1. The van der Waals surface area contributed by atoms with Crippen LogP contribution in [0.25, 0.3) is 11.1 Å². The van der Waals surface area contributed by atoms with Crippen molar-refractivity contribution >= 4 is 29.2 Å². The number of nitrogens with one attached hydrogen (secondary N) is 1. The first-order chi connectivity index (χ1) is 11.7. The number of nitrogens with zero attached hydrogens (tertiary/aromatic N) is 2. The van der Waals surface area contributed by atoms with E-state index in [1.165, 1.54) is 32.4 Å². The number of amides is 1. The molecule has 0 radical (unpaired) electrons. The zero-order valence-corrected chi connectivity index (χ0v) is 14.8. The summed E-state index contributed by atoms with van der Waals surface area (Å²) in [5, 5.41) is 3.01. The third kappa shape index (κ3) is 4.45. The molecule has 2 aromatic rings. The van der Waals surface area contributed by atoms with Crippen LogP contribution in [0.15, 0.2) is 28.7 Å². The molecule has 1 saturated heterocycles. The Labute approximate surface area is 147 Å². The van der Waals surface area contributed by atoms with Gasteiger partial charge in [-0.15, -0.1) is 0 Å². The minimum atomic E-state index is 0.0702. The lowest BCUT2D eigenvalue weighted by atomic mass is 10.1. The molecule has 1 aliphatic heterocycles. The first-order valence-corrected chi connectivity index (χ1v) is 9.22. The SMILES string of the molecule is O=C(CCn1c(=S)oc2ccccc21)NCCCN1CCCCC1. The third-order valence-corrected chi connectivity index (χ3v) is 4.86. The molecule has 1 aromatic carbocycles. The van der Waals surface area contributed by atoms with Gasteiger partial charge in [0.2, 0.25) is 5.91 Å². The molecule has 24 heavy (non-hydrogen) atoms. The lowest BCUT2D eigenvalue weighted by molar-refractivity contribution is -0.121. The predicted octanol–water partition coefficient (Wildman–Crippen LogP) is 3.35. The summed E-state index contributed by atoms with van der Waals surface area (Å²) in [6.07, 6.45) is 5.41. The van der Waals surface area contributed by atoms with Crippen LogP contribution < -0.4 is 5.32 Å². The number of carbonyl (C=O) groups excluding carboxylic acids is 1. The maximum absolute atomic E-state index is 12.0. The zero-order valence-electron chi connectivity index (χ0n) is 14.0. The Morgan fingerprint density at radius 2 is 1.96 bits per heavy atom. The Kier molecular flexibility index (Phi) is 6.04. The van der Waals surface area contributed by atoms with Gasteiger partial charge in [-0.2, -0.15) is 0 Å². The highest BCUT2D eigenvalue weighted by Crippen LogP contribution is 2.17. The van der Waals surface area contributed by atoms with Crippen molar-refractivity contribution in [3.63, 3.8) is 0 Å². The number of benzene rings is 1. The second-order valence-corrected chi connectivity index (χ2v) is 6.69. The third-order valence-electron chi connectivity index (χ3n) is 4.56. The summed E-state index contributed by atoms with van der Waals surface area (Å²) in [6, 6.07) is 7.72. The van der Waals surface area contributed by atoms with Gasteiger partial charge in [0.25, 0.3) is 4.84 Å². The Balaban J connectivity index is 1.40. The van der Waals surface area contributed by atoms with E-state index in [9.17, 15) is 4.79 Å². The first-order valence-electron chi connectivity index (χ1n) is 8.81. The fourth-order valence-corrected chi connectivity index (χ4v) is 3.52. The molecular weight excluding hydrogens is 322 g/mol. The Morgan fingerprint density at radius 1 is 1.17 bits per heavy atom. The van der Waals surface area contributed by atoms with Crippen LogP contribution in [0.3, 0.4) is 0 Å². The van der Waals surface area contributed by atoms with Gasteiger partial charge in [-0.05, 0) is 63.2 Å². The van der Waals surface area contributed by atoms with Crippen molar-refractivity contribution in [2.75, 3.05) is 26.2 Å². The minimum Gasteiger partial charge on any atom is -0.429 e. The van der Waals surface area contributed by atoms with E-state index in [2.05, 4.69) is 10.2 Å². The monoisotopic (exact) mass is 347 g/mol. The van der Waals surface area contributed by atoms with Crippen LogP contribution in [-0.4, -0.2) is 41.6 Å². The highest BCUT2D eigenvalue weighted by molar-refractivity contribution is 7.71. The molecule has 3 rings (SSSR count). The smallest absolute Gasteiger partial charge is 0.269 e. The van der Waals surface area contributed by atoms with Crippen LogP contribution in [0.4, 0.5) is 0 Å². The van der Waals surface area contributed by atoms with Crippen molar-refractivity contribution in [1.29, 1.82) is 0 Å². The van der Waals surface area contributed by atoms with Crippen molar-refractivity contribution in [1.82, 2.24) is 14.8 Å². The number of likely N-dealkylation sites (tertiary alicyclic amines) is 1. The number of para-hydroxylation sites is 2. The van der Waals surface area contributed by atoms with Crippen molar-refractivity contribution in [2.24, 2.45) is 0 Å². The summed E-state index contributed by atoms with van der Waals surface area (Å²) in [7, 11) is 0. The molecule has 6 heteroatoms. The average Bonchev–Trinajstić information content (AvgIpc) is 2.93. The Hall–Kier alpha value is -1.66. The fraction of sp³-hybridized carbons (Fsp3) is 0.556. The number of hydrogen-bond acceptors (Lipinski definition) is 4. The van der Waals surface area contributed by atoms with Crippen LogP contribution in [0.5, 0.6) is 0 Å². The summed E-state index contributed by atoms with van der Waals surface area (Å²) in [5.74, 6) is 0.0702. The second kappa shape index (κ2) is 8.44. The first kappa shape index (κ1) is 17.2. The Bertz CT molecular complexity index is 731. The van der Waals surface area contributed by atoms with Gasteiger partial charge in [-0.3, -0.25) is 9.36 Å². The zero-order chi connectivity index (χ0) is 16.8. The maximum Gasteiger partial charge on any atom is 0.269 e. The summed E-state index contributed by atoms with van der Waals surface area (Å²) >= 11 is 5.24. The number of aromatic nitrogens is 1. The van der Waals surface area contributed by atoms with Gasteiger partial charge in [0.05, 0.1) is 5.52 Å². The van der Waals surface area contributed by atoms with Gasteiger partial charge in [-0.25, -0.2) is 0 Å². The van der Waals surface area contributed by atoms with Gasteiger partial charge < -0.3 is 14.6 Å². The molecule has 1 N–H and O–H groups in total. The van der Waals surface area contributed by atoms with Gasteiger partial charge in [0.1, 0.15) is 0 Å². The Morgan fingerprint density at radius 3 is 2.79 bits per heavy atom. The summed E-state index contributed by atoms with van der Waals surface area (Å²) < 4.78 is 7.42. The molecule has 1 amide bonds. The van der Waals surface area contributed by atoms with Crippen LogP contribution in [-0.2, 0) is 11.3 Å². The van der Waals surface area contributed by atoms with Crippen molar-refractivity contribution < 1.29 is 9.21 Å². The molecule has 0 saturated carbocycles. The highest BCUT2D eigenvalue weighted by Gasteiger charge is 2.10. The number of carbonyl (C=O) groups is 1. The van der Waals surface area contributed by atoms with E-state index in [0.717, 1.165) is 30.6 Å². The maximum atomic E-state index is 12.0. The molecule has 0 atom stereocenters. The molecule has 0 aliphatic carbocycles. The largest absolute Gasteiger partial charge is 0.429 e. The minimum absolute atomic E-state index is 0.0702. The summed E-state index contributed by atoms with van der Waals surface area (Å²) in [5.41, 5.74) is 1.71. The molecule has 5 nitrogen and oxygen atoms in total. The highest BCUT2D eigenvalue weighted by atomic mass is 32.1. The van der Waals surface area contributed by atoms with Gasteiger partial charge in [0.15, 0.2) is 5.58 Å². The normalized spacial score (nSPS) is 15.7. The van der Waals surface area contributed by atoms with Crippen LogP contribution in [0.1, 0.15) is 32.1 Å². The van der Waals surface area contributed by atoms with Crippen LogP contribution in [0.2, 0.25) is 0 Å². The molecule has 0 unspecified atom stereocenters. The molecule has 130 valence electrons. The topological polar surface area (TPSA) is 50.4 Å². The van der Waals surface area contributed by atoms with E-state index >= 15 is 0 Å². The van der Waals surface area contributed by atoms with Gasteiger partial charge in [-0.1, -0.05) is 18.6 Å². The lowest BCUT2D eigenvalue weighted by Crippen LogP contribution is -2.33. The fourth-order valence-electron chi connectivity index (χ4n) is 3.24.